The fourth-order valence-electron chi connectivity index (χ4n) is 5.68. The summed E-state index contributed by atoms with van der Waals surface area (Å²) in [4.78, 5) is 0. The summed E-state index contributed by atoms with van der Waals surface area (Å²) in [5, 5.41) is 0. The van der Waals surface area contributed by atoms with Crippen molar-refractivity contribution in [2.24, 2.45) is 17.8 Å². The Hall–Kier alpha value is -1.04. The summed E-state index contributed by atoms with van der Waals surface area (Å²) in [5.74, 6) is -0.00770. The summed E-state index contributed by atoms with van der Waals surface area (Å²) in [6.07, 6.45) is 9.27. The first kappa shape index (κ1) is 23.1. The van der Waals surface area contributed by atoms with Crippen LogP contribution < -0.4 is 0 Å². The molecule has 2 heterocycles. The van der Waals surface area contributed by atoms with E-state index in [4.69, 9.17) is 14.2 Å². The number of ether oxygens (including phenoxy) is 3. The zero-order valence-corrected chi connectivity index (χ0v) is 19.1. The summed E-state index contributed by atoms with van der Waals surface area (Å²) in [7, 11) is 0. The second-order valence-electron chi connectivity index (χ2n) is 9.84. The Morgan fingerprint density at radius 1 is 0.774 bits per heavy atom. The molecule has 2 unspecified atom stereocenters. The first-order valence-corrected chi connectivity index (χ1v) is 12.4. The normalized spacial score (nSPS) is 34.6. The average molecular weight is 437 g/mol. The van der Waals surface area contributed by atoms with Crippen LogP contribution in [0.4, 0.5) is 8.78 Å². The van der Waals surface area contributed by atoms with Gasteiger partial charge in [0.15, 0.2) is 17.9 Å². The molecule has 31 heavy (non-hydrogen) atoms. The Morgan fingerprint density at radius 2 is 1.42 bits per heavy atom. The smallest absolute Gasteiger partial charge is 0.186 e. The third kappa shape index (κ3) is 5.31. The highest BCUT2D eigenvalue weighted by atomic mass is 19.2. The molecule has 5 heteroatoms. The zero-order valence-electron chi connectivity index (χ0n) is 19.1. The van der Waals surface area contributed by atoms with Gasteiger partial charge in [0.25, 0.3) is 0 Å². The van der Waals surface area contributed by atoms with Crippen LogP contribution >= 0.6 is 0 Å². The Labute approximate surface area is 185 Å². The Bertz CT molecular complexity index is 701. The third-order valence-electron chi connectivity index (χ3n) is 7.87. The van der Waals surface area contributed by atoms with Crippen LogP contribution in [0.25, 0.3) is 0 Å². The average Bonchev–Trinajstić information content (AvgIpc) is 2.82. The van der Waals surface area contributed by atoms with Gasteiger partial charge in [0.1, 0.15) is 0 Å². The molecule has 1 saturated carbocycles. The number of hydrogen-bond acceptors (Lipinski definition) is 3. The van der Waals surface area contributed by atoms with E-state index in [0.717, 1.165) is 63.9 Å². The van der Waals surface area contributed by atoms with Crippen molar-refractivity contribution in [1.82, 2.24) is 0 Å². The van der Waals surface area contributed by atoms with Crippen LogP contribution in [0.15, 0.2) is 12.1 Å². The van der Waals surface area contributed by atoms with Crippen LogP contribution in [0.5, 0.6) is 0 Å². The first-order chi connectivity index (χ1) is 15.1. The monoisotopic (exact) mass is 436 g/mol. The molecule has 0 amide bonds. The third-order valence-corrected chi connectivity index (χ3v) is 7.87. The van der Waals surface area contributed by atoms with Crippen molar-refractivity contribution >= 4 is 0 Å². The van der Waals surface area contributed by atoms with Crippen LogP contribution in [0.2, 0.25) is 0 Å². The standard InChI is InChI=1S/C26H38F2O3/c1-3-5-21-11-10-19(14-29-21)20-15-30-26(31-16-20)23-13-12-22(24(27)25(23)28)18-8-6-17(4-2)7-9-18/h12-13,17-21,26H,3-11,14-16H2,1-2H3. The highest BCUT2D eigenvalue weighted by molar-refractivity contribution is 5.30. The summed E-state index contributed by atoms with van der Waals surface area (Å²) in [6, 6.07) is 3.43. The molecular weight excluding hydrogens is 398 g/mol. The van der Waals surface area contributed by atoms with Crippen LogP contribution in [0.1, 0.15) is 95.0 Å². The van der Waals surface area contributed by atoms with Crippen molar-refractivity contribution in [2.45, 2.75) is 89.9 Å². The number of rotatable bonds is 6. The number of benzene rings is 1. The lowest BCUT2D eigenvalue weighted by molar-refractivity contribution is -0.221. The molecule has 174 valence electrons. The maximum atomic E-state index is 15.0. The minimum absolute atomic E-state index is 0.117. The molecule has 1 aliphatic carbocycles. The van der Waals surface area contributed by atoms with Crippen molar-refractivity contribution in [1.29, 1.82) is 0 Å². The first-order valence-electron chi connectivity index (χ1n) is 12.4. The largest absolute Gasteiger partial charge is 0.378 e. The van der Waals surface area contributed by atoms with E-state index < -0.39 is 17.9 Å². The zero-order chi connectivity index (χ0) is 21.8. The van der Waals surface area contributed by atoms with Crippen LogP contribution in [-0.4, -0.2) is 25.9 Å². The van der Waals surface area contributed by atoms with Crippen LogP contribution in [-0.2, 0) is 14.2 Å². The predicted molar refractivity (Wildman–Crippen MR) is 117 cm³/mol. The van der Waals surface area contributed by atoms with Crippen LogP contribution in [0.3, 0.4) is 0 Å². The minimum atomic E-state index is -0.826. The summed E-state index contributed by atoms with van der Waals surface area (Å²) in [6.45, 7) is 6.13. The van der Waals surface area contributed by atoms with E-state index in [1.54, 1.807) is 12.1 Å². The van der Waals surface area contributed by atoms with Gasteiger partial charge in [-0.1, -0.05) is 38.8 Å². The SMILES string of the molecule is CCCC1CCC(C2COC(c3ccc(C4CCC(CC)CC4)c(F)c3F)OC2)CO1. The lowest BCUT2D eigenvalue weighted by Crippen LogP contribution is -2.38. The van der Waals surface area contributed by atoms with Gasteiger partial charge in [0, 0.05) is 11.5 Å². The van der Waals surface area contributed by atoms with E-state index in [1.165, 1.54) is 6.42 Å². The molecule has 0 radical (unpaired) electrons. The summed E-state index contributed by atoms with van der Waals surface area (Å²) < 4.78 is 47.6. The van der Waals surface area contributed by atoms with Gasteiger partial charge < -0.3 is 14.2 Å². The molecule has 0 spiro atoms. The van der Waals surface area contributed by atoms with Crippen LogP contribution in [0, 0.1) is 29.4 Å². The van der Waals surface area contributed by atoms with Crippen molar-refractivity contribution in [2.75, 3.05) is 19.8 Å². The minimum Gasteiger partial charge on any atom is -0.378 e. The van der Waals surface area contributed by atoms with E-state index in [9.17, 15) is 8.78 Å². The van der Waals surface area contributed by atoms with Gasteiger partial charge in [0.05, 0.1) is 25.9 Å². The second-order valence-corrected chi connectivity index (χ2v) is 9.84. The molecular formula is C26H38F2O3. The summed E-state index contributed by atoms with van der Waals surface area (Å²) >= 11 is 0. The lowest BCUT2D eigenvalue weighted by Gasteiger charge is -2.38. The molecule has 1 aromatic carbocycles. The summed E-state index contributed by atoms with van der Waals surface area (Å²) in [5.41, 5.74) is 0.704. The fraction of sp³-hybridized carbons (Fsp3) is 0.769. The quantitative estimate of drug-likeness (QED) is 0.485. The Kier molecular flexibility index (Phi) is 8.00. The molecule has 2 atom stereocenters. The van der Waals surface area contributed by atoms with Gasteiger partial charge in [-0.15, -0.1) is 0 Å². The van der Waals surface area contributed by atoms with Crippen molar-refractivity contribution in [3.8, 4) is 0 Å². The van der Waals surface area contributed by atoms with E-state index in [1.807, 2.05) is 0 Å². The predicted octanol–water partition coefficient (Wildman–Crippen LogP) is 6.91. The van der Waals surface area contributed by atoms with Crippen molar-refractivity contribution < 1.29 is 23.0 Å². The fourth-order valence-corrected chi connectivity index (χ4v) is 5.68. The van der Waals surface area contributed by atoms with E-state index in [-0.39, 0.29) is 17.4 Å². The van der Waals surface area contributed by atoms with Gasteiger partial charge in [0.2, 0.25) is 0 Å². The molecule has 3 aliphatic rings. The highest BCUT2D eigenvalue weighted by Crippen LogP contribution is 2.40. The molecule has 0 bridgehead atoms. The second kappa shape index (κ2) is 10.7. The highest BCUT2D eigenvalue weighted by Gasteiger charge is 2.34. The van der Waals surface area contributed by atoms with E-state index in [2.05, 4.69) is 13.8 Å². The van der Waals surface area contributed by atoms with Gasteiger partial charge in [-0.3, -0.25) is 0 Å². The van der Waals surface area contributed by atoms with Gasteiger partial charge >= 0.3 is 0 Å². The Morgan fingerprint density at radius 3 is 2.03 bits per heavy atom. The molecule has 3 nitrogen and oxygen atoms in total. The molecule has 1 aromatic rings. The molecule has 0 N–H and O–H groups in total. The molecule has 3 fully saturated rings. The number of halogens is 2. The maximum Gasteiger partial charge on any atom is 0.186 e. The van der Waals surface area contributed by atoms with Crippen molar-refractivity contribution in [3.05, 3.63) is 34.9 Å². The van der Waals surface area contributed by atoms with Gasteiger partial charge in [-0.05, 0) is 68.3 Å². The van der Waals surface area contributed by atoms with Crippen molar-refractivity contribution in [3.63, 3.8) is 0 Å². The maximum absolute atomic E-state index is 15.0. The molecule has 4 rings (SSSR count). The number of hydrogen-bond donors (Lipinski definition) is 0. The van der Waals surface area contributed by atoms with E-state index in [0.29, 0.717) is 30.8 Å². The lowest BCUT2D eigenvalue weighted by atomic mass is 9.77. The molecule has 0 aromatic heterocycles. The molecule has 2 aliphatic heterocycles. The topological polar surface area (TPSA) is 27.7 Å². The molecule has 2 saturated heterocycles. The Balaban J connectivity index is 1.33. The van der Waals surface area contributed by atoms with Gasteiger partial charge in [-0.25, -0.2) is 8.78 Å². The van der Waals surface area contributed by atoms with E-state index >= 15 is 0 Å². The van der Waals surface area contributed by atoms with Gasteiger partial charge in [-0.2, -0.15) is 0 Å².